The Hall–Kier alpha value is -4.53. The van der Waals surface area contributed by atoms with E-state index in [1.54, 1.807) is 6.26 Å². The van der Waals surface area contributed by atoms with Crippen LogP contribution in [0.2, 0.25) is 0 Å². The maximum Gasteiger partial charge on any atom is 0.417 e. The van der Waals surface area contributed by atoms with Crippen LogP contribution in [0.1, 0.15) is 11.1 Å². The van der Waals surface area contributed by atoms with E-state index in [-0.39, 0.29) is 34.5 Å². The standard InChI is InChI=1S/C25H18F6N6O2S/c1-40-20-7-4-14(24(26,27)28)9-19(20)37-22(38)36-16-11-34-23(35-12-16)39-17-5-2-13(3-6-17)18-8-15(25(29,30)31)10-33-21(18)32/h2-12H,1H3,(H2,32,33)(H2,36,37,38). The van der Waals surface area contributed by atoms with Crippen molar-refractivity contribution in [2.24, 2.45) is 0 Å². The molecule has 0 aliphatic heterocycles. The van der Waals surface area contributed by atoms with E-state index in [1.807, 2.05) is 0 Å². The molecular formula is C25H18F6N6O2S. The summed E-state index contributed by atoms with van der Waals surface area (Å²) in [5.41, 5.74) is 4.48. The summed E-state index contributed by atoms with van der Waals surface area (Å²) in [5, 5.41) is 4.80. The van der Waals surface area contributed by atoms with Crippen molar-refractivity contribution in [3.63, 3.8) is 0 Å². The van der Waals surface area contributed by atoms with Gasteiger partial charge in [0.25, 0.3) is 0 Å². The van der Waals surface area contributed by atoms with Gasteiger partial charge in [0.2, 0.25) is 0 Å². The van der Waals surface area contributed by atoms with Gasteiger partial charge in [-0.1, -0.05) is 12.1 Å². The SMILES string of the molecule is CSc1ccc(C(F)(F)F)cc1NC(=O)Nc1cnc(Oc2ccc(-c3cc(C(F)(F)F)cnc3N)cc2)nc1. The third-order valence-corrected chi connectivity index (χ3v) is 6.08. The molecule has 4 aromatic rings. The fourth-order valence-corrected chi connectivity index (χ4v) is 3.90. The number of carbonyl (C=O) groups excluding carboxylic acids is 1. The van der Waals surface area contributed by atoms with Gasteiger partial charge in [0, 0.05) is 16.7 Å². The number of nitrogens with two attached hydrogens (primary N) is 1. The summed E-state index contributed by atoms with van der Waals surface area (Å²) in [4.78, 5) is 24.3. The molecule has 0 saturated heterocycles. The van der Waals surface area contributed by atoms with Gasteiger partial charge in [-0.25, -0.2) is 19.7 Å². The Labute approximate surface area is 227 Å². The normalized spacial score (nSPS) is 11.7. The molecular weight excluding hydrogens is 562 g/mol. The number of nitrogens with zero attached hydrogens (tertiary/aromatic N) is 3. The van der Waals surface area contributed by atoms with Gasteiger partial charge < -0.3 is 21.1 Å². The third kappa shape index (κ3) is 6.91. The van der Waals surface area contributed by atoms with Crippen LogP contribution in [0.15, 0.2) is 72.0 Å². The largest absolute Gasteiger partial charge is 0.424 e. The zero-order valence-electron chi connectivity index (χ0n) is 20.3. The average molecular weight is 581 g/mol. The smallest absolute Gasteiger partial charge is 0.417 e. The van der Waals surface area contributed by atoms with Crippen LogP contribution in [0.3, 0.4) is 0 Å². The van der Waals surface area contributed by atoms with E-state index in [1.165, 1.54) is 42.7 Å². The Morgan fingerprint density at radius 3 is 2.10 bits per heavy atom. The van der Waals surface area contributed by atoms with Gasteiger partial charge in [-0.2, -0.15) is 26.3 Å². The molecule has 0 bridgehead atoms. The predicted molar refractivity (Wildman–Crippen MR) is 137 cm³/mol. The fraction of sp³-hybridized carbons (Fsp3) is 0.120. The van der Waals surface area contributed by atoms with Crippen molar-refractivity contribution in [1.29, 1.82) is 0 Å². The lowest BCUT2D eigenvalue weighted by Gasteiger charge is -2.14. The second-order valence-electron chi connectivity index (χ2n) is 8.03. The highest BCUT2D eigenvalue weighted by Crippen LogP contribution is 2.36. The molecule has 0 spiro atoms. The summed E-state index contributed by atoms with van der Waals surface area (Å²) in [6, 6.07) is 8.91. The molecule has 2 amide bonds. The first-order chi connectivity index (χ1) is 18.8. The molecule has 4 rings (SSSR count). The highest BCUT2D eigenvalue weighted by molar-refractivity contribution is 7.98. The number of hydrogen-bond acceptors (Lipinski definition) is 7. The molecule has 2 aromatic carbocycles. The number of alkyl halides is 6. The van der Waals surface area contributed by atoms with Gasteiger partial charge in [-0.3, -0.25) is 0 Å². The molecule has 208 valence electrons. The number of rotatable bonds is 6. The molecule has 8 nitrogen and oxygen atoms in total. The van der Waals surface area contributed by atoms with E-state index in [4.69, 9.17) is 10.5 Å². The number of carbonyl (C=O) groups is 1. The number of urea groups is 1. The van der Waals surface area contributed by atoms with Gasteiger partial charge in [0.15, 0.2) is 0 Å². The van der Waals surface area contributed by atoms with Crippen LogP contribution < -0.4 is 21.1 Å². The number of benzene rings is 2. The van der Waals surface area contributed by atoms with Crippen molar-refractivity contribution in [2.45, 2.75) is 17.2 Å². The molecule has 0 unspecified atom stereocenters. The topological polar surface area (TPSA) is 115 Å². The van der Waals surface area contributed by atoms with Crippen molar-refractivity contribution in [3.05, 3.63) is 78.2 Å². The summed E-state index contributed by atoms with van der Waals surface area (Å²) in [5.74, 6) is 0.185. The second-order valence-corrected chi connectivity index (χ2v) is 8.88. The highest BCUT2D eigenvalue weighted by atomic mass is 32.2. The number of ether oxygens (including phenoxy) is 1. The van der Waals surface area contributed by atoms with Crippen molar-refractivity contribution < 1.29 is 35.9 Å². The second kappa shape index (κ2) is 11.3. The Kier molecular flexibility index (Phi) is 8.04. The first-order valence-electron chi connectivity index (χ1n) is 11.1. The summed E-state index contributed by atoms with van der Waals surface area (Å²) in [7, 11) is 0. The third-order valence-electron chi connectivity index (χ3n) is 5.28. The minimum absolute atomic E-state index is 0.0215. The molecule has 4 N–H and O–H groups in total. The first-order valence-corrected chi connectivity index (χ1v) is 12.3. The maximum atomic E-state index is 13.0. The van der Waals surface area contributed by atoms with Crippen molar-refractivity contribution in [3.8, 4) is 22.9 Å². The number of aromatic nitrogens is 3. The van der Waals surface area contributed by atoms with Crippen LogP contribution in [-0.4, -0.2) is 27.2 Å². The van der Waals surface area contributed by atoms with Crippen LogP contribution in [0.5, 0.6) is 11.8 Å². The van der Waals surface area contributed by atoms with E-state index in [0.717, 1.165) is 30.0 Å². The van der Waals surface area contributed by atoms with Crippen LogP contribution in [0, 0.1) is 0 Å². The monoisotopic (exact) mass is 580 g/mol. The molecule has 15 heteroatoms. The van der Waals surface area contributed by atoms with Gasteiger partial charge in [0.05, 0.1) is 34.9 Å². The molecule has 0 aliphatic rings. The zero-order valence-corrected chi connectivity index (χ0v) is 21.1. The lowest BCUT2D eigenvalue weighted by atomic mass is 10.0. The lowest BCUT2D eigenvalue weighted by Crippen LogP contribution is -2.20. The first kappa shape index (κ1) is 28.5. The molecule has 0 radical (unpaired) electrons. The van der Waals surface area contributed by atoms with E-state index in [9.17, 15) is 31.1 Å². The minimum Gasteiger partial charge on any atom is -0.424 e. The van der Waals surface area contributed by atoms with E-state index < -0.39 is 29.5 Å². The van der Waals surface area contributed by atoms with Gasteiger partial charge in [0.1, 0.15) is 11.6 Å². The molecule has 0 atom stereocenters. The summed E-state index contributed by atoms with van der Waals surface area (Å²) in [6.07, 6.45) is -4.41. The van der Waals surface area contributed by atoms with E-state index >= 15 is 0 Å². The van der Waals surface area contributed by atoms with Gasteiger partial charge in [-0.15, -0.1) is 11.8 Å². The molecule has 0 aliphatic carbocycles. The molecule has 2 heterocycles. The van der Waals surface area contributed by atoms with E-state index in [2.05, 4.69) is 25.6 Å². The summed E-state index contributed by atoms with van der Waals surface area (Å²) < 4.78 is 83.7. The number of halogens is 6. The number of nitrogen functional groups attached to an aromatic ring is 1. The molecule has 0 fully saturated rings. The van der Waals surface area contributed by atoms with E-state index in [0.29, 0.717) is 16.7 Å². The minimum atomic E-state index is -4.58. The number of nitrogens with one attached hydrogen (secondary N) is 2. The summed E-state index contributed by atoms with van der Waals surface area (Å²) >= 11 is 1.16. The Balaban J connectivity index is 1.40. The Morgan fingerprint density at radius 2 is 1.50 bits per heavy atom. The van der Waals surface area contributed by atoms with Crippen molar-refractivity contribution in [2.75, 3.05) is 22.6 Å². The molecule has 0 saturated carbocycles. The van der Waals surface area contributed by atoms with Gasteiger partial charge in [-0.05, 0) is 48.2 Å². The predicted octanol–water partition coefficient (Wildman–Crippen LogP) is 7.32. The molecule has 2 aromatic heterocycles. The molecule has 40 heavy (non-hydrogen) atoms. The van der Waals surface area contributed by atoms with Crippen LogP contribution in [0.4, 0.5) is 48.3 Å². The van der Waals surface area contributed by atoms with Gasteiger partial charge >= 0.3 is 24.4 Å². The average Bonchev–Trinajstić information content (AvgIpc) is 2.89. The maximum absolute atomic E-state index is 13.0. The number of thioether (sulfide) groups is 1. The fourth-order valence-electron chi connectivity index (χ4n) is 3.37. The number of pyridine rings is 1. The number of hydrogen-bond donors (Lipinski definition) is 3. The van der Waals surface area contributed by atoms with Crippen molar-refractivity contribution in [1.82, 2.24) is 15.0 Å². The summed E-state index contributed by atoms with van der Waals surface area (Å²) in [6.45, 7) is 0. The van der Waals surface area contributed by atoms with Crippen LogP contribution >= 0.6 is 11.8 Å². The van der Waals surface area contributed by atoms with Crippen molar-refractivity contribution >= 4 is 35.0 Å². The quantitative estimate of drug-likeness (QED) is 0.162. The highest BCUT2D eigenvalue weighted by Gasteiger charge is 2.32. The number of amides is 2. The van der Waals surface area contributed by atoms with Crippen LogP contribution in [0.25, 0.3) is 11.1 Å². The Bertz CT molecular complexity index is 1510. The zero-order chi connectivity index (χ0) is 29.1. The lowest BCUT2D eigenvalue weighted by molar-refractivity contribution is -0.138. The van der Waals surface area contributed by atoms with Crippen LogP contribution in [-0.2, 0) is 12.4 Å². The Morgan fingerprint density at radius 1 is 0.850 bits per heavy atom. The number of anilines is 3.